The summed E-state index contributed by atoms with van der Waals surface area (Å²) in [5.41, 5.74) is 2.07. The van der Waals surface area contributed by atoms with Crippen LogP contribution in [0.1, 0.15) is 11.1 Å². The quantitative estimate of drug-likeness (QED) is 0.519. The molecule has 0 aliphatic carbocycles. The molecule has 0 spiro atoms. The molecule has 0 aromatic heterocycles. The number of benzene rings is 1. The average Bonchev–Trinajstić information content (AvgIpc) is 1.83. The highest BCUT2D eigenvalue weighted by Gasteiger charge is 1.94. The zero-order valence-corrected chi connectivity index (χ0v) is 6.07. The number of rotatable bonds is 0. The molecular formula is C8H8Cl. The van der Waals surface area contributed by atoms with Crippen LogP contribution in [0.2, 0.25) is 5.02 Å². The van der Waals surface area contributed by atoms with Crippen molar-refractivity contribution in [1.82, 2.24) is 0 Å². The van der Waals surface area contributed by atoms with Crippen LogP contribution in [0.25, 0.3) is 0 Å². The highest BCUT2D eigenvalue weighted by atomic mass is 35.5. The summed E-state index contributed by atoms with van der Waals surface area (Å²) in [6, 6.07) is 5.76. The van der Waals surface area contributed by atoms with Crippen LogP contribution in [-0.4, -0.2) is 0 Å². The van der Waals surface area contributed by atoms with E-state index < -0.39 is 0 Å². The van der Waals surface area contributed by atoms with E-state index in [1.165, 1.54) is 0 Å². The van der Waals surface area contributed by atoms with Gasteiger partial charge in [0.1, 0.15) is 0 Å². The normalized spacial score (nSPS) is 9.67. The van der Waals surface area contributed by atoms with Crippen LogP contribution in [0.4, 0.5) is 0 Å². The van der Waals surface area contributed by atoms with Crippen LogP contribution in [0, 0.1) is 13.8 Å². The minimum Gasteiger partial charge on any atom is -0.0840 e. The summed E-state index contributed by atoms with van der Waals surface area (Å²) in [6.45, 7) is 5.78. The smallest absolute Gasteiger partial charge is 0.0440 e. The molecule has 0 N–H and O–H groups in total. The summed E-state index contributed by atoms with van der Waals surface area (Å²) in [5.74, 6) is 0. The molecule has 0 saturated carbocycles. The molecule has 0 unspecified atom stereocenters. The van der Waals surface area contributed by atoms with Crippen LogP contribution in [0.15, 0.2) is 18.2 Å². The van der Waals surface area contributed by atoms with Gasteiger partial charge in [-0.3, -0.25) is 0 Å². The predicted octanol–water partition coefficient (Wildman–Crippen LogP) is 2.83. The summed E-state index contributed by atoms with van der Waals surface area (Å²) >= 11 is 5.75. The molecule has 0 amide bonds. The van der Waals surface area contributed by atoms with Crippen LogP contribution in [-0.2, 0) is 0 Å². The molecule has 1 radical (unpaired) electrons. The van der Waals surface area contributed by atoms with E-state index in [9.17, 15) is 0 Å². The second kappa shape index (κ2) is 2.40. The van der Waals surface area contributed by atoms with Crippen molar-refractivity contribution in [2.45, 2.75) is 6.92 Å². The SMILES string of the molecule is [CH2]c1c(C)cccc1Cl. The van der Waals surface area contributed by atoms with Crippen molar-refractivity contribution in [1.29, 1.82) is 0 Å². The molecule has 0 fully saturated rings. The summed E-state index contributed by atoms with van der Waals surface area (Å²) < 4.78 is 0. The third kappa shape index (κ3) is 1.25. The highest BCUT2D eigenvalue weighted by Crippen LogP contribution is 2.16. The van der Waals surface area contributed by atoms with Crippen molar-refractivity contribution in [3.63, 3.8) is 0 Å². The van der Waals surface area contributed by atoms with Crippen molar-refractivity contribution in [2.24, 2.45) is 0 Å². The molecule has 9 heavy (non-hydrogen) atoms. The highest BCUT2D eigenvalue weighted by molar-refractivity contribution is 6.31. The van der Waals surface area contributed by atoms with Gasteiger partial charge in [0, 0.05) is 5.02 Å². The molecule has 0 aliphatic heterocycles. The van der Waals surface area contributed by atoms with Crippen molar-refractivity contribution >= 4 is 11.6 Å². The predicted molar refractivity (Wildman–Crippen MR) is 40.6 cm³/mol. The van der Waals surface area contributed by atoms with Crippen molar-refractivity contribution in [3.05, 3.63) is 41.3 Å². The summed E-state index contributed by atoms with van der Waals surface area (Å²) in [6.07, 6.45) is 0. The second-order valence-electron chi connectivity index (χ2n) is 2.04. The van der Waals surface area contributed by atoms with E-state index in [2.05, 4.69) is 6.92 Å². The van der Waals surface area contributed by atoms with Crippen LogP contribution >= 0.6 is 11.6 Å². The zero-order valence-electron chi connectivity index (χ0n) is 5.32. The Hall–Kier alpha value is -0.490. The summed E-state index contributed by atoms with van der Waals surface area (Å²) in [5, 5.41) is 0.745. The van der Waals surface area contributed by atoms with E-state index >= 15 is 0 Å². The van der Waals surface area contributed by atoms with Crippen molar-refractivity contribution in [2.75, 3.05) is 0 Å². The largest absolute Gasteiger partial charge is 0.0840 e. The van der Waals surface area contributed by atoms with Crippen molar-refractivity contribution in [3.8, 4) is 0 Å². The lowest BCUT2D eigenvalue weighted by Gasteiger charge is -1.98. The number of hydrogen-bond acceptors (Lipinski definition) is 0. The zero-order chi connectivity index (χ0) is 6.85. The molecule has 1 aromatic rings. The molecule has 0 saturated heterocycles. The van der Waals surface area contributed by atoms with Crippen LogP contribution < -0.4 is 0 Å². The molecule has 0 bridgehead atoms. The van der Waals surface area contributed by atoms with Gasteiger partial charge in [0.25, 0.3) is 0 Å². The third-order valence-corrected chi connectivity index (χ3v) is 1.71. The standard InChI is InChI=1S/C8H8Cl/c1-6-4-3-5-8(9)7(6)2/h3-5H,2H2,1H3. The van der Waals surface area contributed by atoms with Gasteiger partial charge in [0.05, 0.1) is 0 Å². The maximum atomic E-state index is 5.75. The maximum absolute atomic E-state index is 5.75. The maximum Gasteiger partial charge on any atom is 0.0440 e. The third-order valence-electron chi connectivity index (χ3n) is 1.35. The Kier molecular flexibility index (Phi) is 1.77. The van der Waals surface area contributed by atoms with Gasteiger partial charge >= 0.3 is 0 Å². The molecule has 47 valence electrons. The fraction of sp³-hybridized carbons (Fsp3) is 0.125. The van der Waals surface area contributed by atoms with E-state index in [4.69, 9.17) is 11.6 Å². The first-order valence-electron chi connectivity index (χ1n) is 2.79. The number of hydrogen-bond donors (Lipinski definition) is 0. The summed E-state index contributed by atoms with van der Waals surface area (Å²) in [7, 11) is 0. The lowest BCUT2D eigenvalue weighted by Crippen LogP contribution is -1.78. The van der Waals surface area contributed by atoms with Crippen LogP contribution in [0.5, 0.6) is 0 Å². The molecule has 0 heterocycles. The minimum atomic E-state index is 0.745. The first-order valence-corrected chi connectivity index (χ1v) is 3.16. The van der Waals surface area contributed by atoms with Crippen LogP contribution in [0.3, 0.4) is 0 Å². The Labute approximate surface area is 60.5 Å². The fourth-order valence-electron chi connectivity index (χ4n) is 0.666. The molecule has 0 aliphatic rings. The first kappa shape index (κ1) is 6.63. The Morgan fingerprint density at radius 1 is 1.44 bits per heavy atom. The second-order valence-corrected chi connectivity index (χ2v) is 2.44. The van der Waals surface area contributed by atoms with E-state index in [1.54, 1.807) is 0 Å². The van der Waals surface area contributed by atoms with Gasteiger partial charge in [-0.1, -0.05) is 23.7 Å². The Morgan fingerprint density at radius 2 is 2.11 bits per heavy atom. The van der Waals surface area contributed by atoms with Gasteiger partial charge in [-0.05, 0) is 31.0 Å². The van der Waals surface area contributed by atoms with Gasteiger partial charge in [-0.2, -0.15) is 0 Å². The Balaban J connectivity index is 3.25. The molecule has 1 aromatic carbocycles. The van der Waals surface area contributed by atoms with E-state index in [0.717, 1.165) is 16.1 Å². The average molecular weight is 140 g/mol. The lowest BCUT2D eigenvalue weighted by atomic mass is 10.1. The molecule has 0 atom stereocenters. The van der Waals surface area contributed by atoms with E-state index in [-0.39, 0.29) is 0 Å². The monoisotopic (exact) mass is 139 g/mol. The minimum absolute atomic E-state index is 0.745. The molecule has 1 heteroatoms. The number of halogens is 1. The molecule has 1 rings (SSSR count). The number of aryl methyl sites for hydroxylation is 1. The molecule has 0 nitrogen and oxygen atoms in total. The van der Waals surface area contributed by atoms with Gasteiger partial charge < -0.3 is 0 Å². The Morgan fingerprint density at radius 3 is 2.56 bits per heavy atom. The summed E-state index contributed by atoms with van der Waals surface area (Å²) in [4.78, 5) is 0. The van der Waals surface area contributed by atoms with Crippen molar-refractivity contribution < 1.29 is 0 Å². The van der Waals surface area contributed by atoms with Gasteiger partial charge in [0.15, 0.2) is 0 Å². The van der Waals surface area contributed by atoms with Gasteiger partial charge in [0.2, 0.25) is 0 Å². The van der Waals surface area contributed by atoms with Gasteiger partial charge in [-0.25, -0.2) is 0 Å². The first-order chi connectivity index (χ1) is 4.22. The van der Waals surface area contributed by atoms with E-state index in [1.807, 2.05) is 25.1 Å². The lowest BCUT2D eigenvalue weighted by molar-refractivity contribution is 1.42. The topological polar surface area (TPSA) is 0 Å². The van der Waals surface area contributed by atoms with E-state index in [0.29, 0.717) is 0 Å². The molecular weight excluding hydrogens is 132 g/mol. The fourth-order valence-corrected chi connectivity index (χ4v) is 0.888. The Bertz CT molecular complexity index is 196. The van der Waals surface area contributed by atoms with Gasteiger partial charge in [-0.15, -0.1) is 0 Å².